The van der Waals surface area contributed by atoms with Crippen LogP contribution in [0.4, 0.5) is 8.78 Å². The first kappa shape index (κ1) is 14.9. The summed E-state index contributed by atoms with van der Waals surface area (Å²) >= 11 is 1.60. The number of thiophene rings is 1. The van der Waals surface area contributed by atoms with E-state index in [1.807, 2.05) is 24.4 Å². The van der Waals surface area contributed by atoms with Gasteiger partial charge < -0.3 is 10.1 Å². The fraction of sp³-hybridized carbons (Fsp3) is 0.333. The minimum atomic E-state index is -0.649. The number of halogens is 2. The van der Waals surface area contributed by atoms with Gasteiger partial charge in [0.15, 0.2) is 17.4 Å². The molecule has 0 saturated carbocycles. The molecular formula is C15H17F2NOS. The molecule has 0 aliphatic heterocycles. The summed E-state index contributed by atoms with van der Waals surface area (Å²) in [6.45, 7) is 3.40. The molecule has 0 aliphatic carbocycles. The van der Waals surface area contributed by atoms with Gasteiger partial charge in [-0.1, -0.05) is 13.0 Å². The standard InChI is InChI=1S/C15H17F2NOS/c1-2-18-10-11-8-13(16)15(14(17)9-11)19-6-5-12-4-3-7-20-12/h3-4,7-9,18H,2,5-6,10H2,1H3. The molecule has 0 aliphatic rings. The maximum absolute atomic E-state index is 13.8. The highest BCUT2D eigenvalue weighted by Crippen LogP contribution is 2.23. The number of ether oxygens (including phenoxy) is 1. The largest absolute Gasteiger partial charge is 0.487 e. The van der Waals surface area contributed by atoms with Crippen LogP contribution in [0, 0.1) is 11.6 Å². The molecule has 0 spiro atoms. The average molecular weight is 297 g/mol. The second kappa shape index (κ2) is 7.36. The Labute approximate surface area is 121 Å². The molecule has 1 N–H and O–H groups in total. The molecule has 108 valence electrons. The van der Waals surface area contributed by atoms with E-state index in [4.69, 9.17) is 4.74 Å². The Kier molecular flexibility index (Phi) is 5.49. The van der Waals surface area contributed by atoms with E-state index in [0.29, 0.717) is 18.5 Å². The van der Waals surface area contributed by atoms with Crippen molar-refractivity contribution < 1.29 is 13.5 Å². The summed E-state index contributed by atoms with van der Waals surface area (Å²) in [6.07, 6.45) is 0.649. The maximum atomic E-state index is 13.8. The van der Waals surface area contributed by atoms with Crippen LogP contribution < -0.4 is 10.1 Å². The van der Waals surface area contributed by atoms with Crippen LogP contribution in [0.25, 0.3) is 0 Å². The lowest BCUT2D eigenvalue weighted by Gasteiger charge is -2.10. The summed E-state index contributed by atoms with van der Waals surface area (Å²) in [6, 6.07) is 6.54. The van der Waals surface area contributed by atoms with Crippen LogP contribution in [0.2, 0.25) is 0 Å². The highest BCUT2D eigenvalue weighted by Gasteiger charge is 2.12. The molecule has 1 heterocycles. The fourth-order valence-electron chi connectivity index (χ4n) is 1.83. The predicted molar refractivity (Wildman–Crippen MR) is 77.3 cm³/mol. The van der Waals surface area contributed by atoms with E-state index in [-0.39, 0.29) is 12.4 Å². The van der Waals surface area contributed by atoms with Gasteiger partial charge in [0.2, 0.25) is 0 Å². The van der Waals surface area contributed by atoms with E-state index in [1.54, 1.807) is 11.3 Å². The van der Waals surface area contributed by atoms with E-state index < -0.39 is 11.6 Å². The van der Waals surface area contributed by atoms with Crippen molar-refractivity contribution in [3.63, 3.8) is 0 Å². The van der Waals surface area contributed by atoms with Gasteiger partial charge in [0.05, 0.1) is 6.61 Å². The van der Waals surface area contributed by atoms with E-state index >= 15 is 0 Å². The lowest BCUT2D eigenvalue weighted by Crippen LogP contribution is -2.12. The van der Waals surface area contributed by atoms with Gasteiger partial charge in [0.1, 0.15) is 0 Å². The van der Waals surface area contributed by atoms with Crippen molar-refractivity contribution in [2.45, 2.75) is 19.9 Å². The molecule has 0 fully saturated rings. The van der Waals surface area contributed by atoms with Crippen molar-refractivity contribution in [2.75, 3.05) is 13.2 Å². The lowest BCUT2D eigenvalue weighted by atomic mass is 10.2. The van der Waals surface area contributed by atoms with Gasteiger partial charge in [-0.15, -0.1) is 11.3 Å². The number of nitrogens with one attached hydrogen (secondary N) is 1. The van der Waals surface area contributed by atoms with E-state index in [2.05, 4.69) is 5.32 Å². The summed E-state index contributed by atoms with van der Waals surface area (Å²) in [5.41, 5.74) is 0.576. The first-order valence-electron chi connectivity index (χ1n) is 6.54. The summed E-state index contributed by atoms with van der Waals surface area (Å²) in [5, 5.41) is 4.99. The zero-order chi connectivity index (χ0) is 14.4. The number of hydrogen-bond donors (Lipinski definition) is 1. The third kappa shape index (κ3) is 4.02. The van der Waals surface area contributed by atoms with Crippen LogP contribution in [0.3, 0.4) is 0 Å². The minimum absolute atomic E-state index is 0.265. The van der Waals surface area contributed by atoms with Crippen molar-refractivity contribution in [1.82, 2.24) is 5.32 Å². The summed E-state index contributed by atoms with van der Waals surface area (Å²) < 4.78 is 32.9. The predicted octanol–water partition coefficient (Wildman–Crippen LogP) is 3.76. The molecule has 2 nitrogen and oxygen atoms in total. The smallest absolute Gasteiger partial charge is 0.190 e. The van der Waals surface area contributed by atoms with Crippen LogP contribution in [-0.2, 0) is 13.0 Å². The maximum Gasteiger partial charge on any atom is 0.190 e. The molecule has 2 rings (SSSR count). The molecule has 0 radical (unpaired) electrons. The average Bonchev–Trinajstić information content (AvgIpc) is 2.92. The molecule has 1 aromatic heterocycles. The van der Waals surface area contributed by atoms with Crippen LogP contribution in [0.5, 0.6) is 5.75 Å². The van der Waals surface area contributed by atoms with Crippen LogP contribution >= 0.6 is 11.3 Å². The van der Waals surface area contributed by atoms with Crippen molar-refractivity contribution >= 4 is 11.3 Å². The number of rotatable bonds is 7. The lowest BCUT2D eigenvalue weighted by molar-refractivity contribution is 0.288. The summed E-state index contributed by atoms with van der Waals surface area (Å²) in [5.74, 6) is -1.59. The van der Waals surface area contributed by atoms with Gasteiger partial charge in [-0.05, 0) is 35.7 Å². The number of hydrogen-bond acceptors (Lipinski definition) is 3. The second-order valence-corrected chi connectivity index (χ2v) is 5.38. The molecule has 5 heteroatoms. The molecule has 0 bridgehead atoms. The van der Waals surface area contributed by atoms with E-state index in [0.717, 1.165) is 11.4 Å². The normalized spacial score (nSPS) is 10.8. The monoisotopic (exact) mass is 297 g/mol. The molecule has 0 saturated heterocycles. The molecule has 0 unspecified atom stereocenters. The third-order valence-electron chi connectivity index (χ3n) is 2.81. The Balaban J connectivity index is 1.97. The van der Waals surface area contributed by atoms with Gasteiger partial charge in [-0.2, -0.15) is 0 Å². The summed E-state index contributed by atoms with van der Waals surface area (Å²) in [4.78, 5) is 1.13. The molecule has 0 atom stereocenters. The fourth-order valence-corrected chi connectivity index (χ4v) is 2.52. The van der Waals surface area contributed by atoms with Gasteiger partial charge >= 0.3 is 0 Å². The van der Waals surface area contributed by atoms with Gasteiger partial charge in [-0.25, -0.2) is 8.78 Å². The van der Waals surface area contributed by atoms with Crippen LogP contribution in [-0.4, -0.2) is 13.2 Å². The summed E-state index contributed by atoms with van der Waals surface area (Å²) in [7, 11) is 0. The van der Waals surface area contributed by atoms with E-state index in [1.165, 1.54) is 12.1 Å². The van der Waals surface area contributed by atoms with Crippen molar-refractivity contribution in [3.8, 4) is 5.75 Å². The Morgan fingerprint density at radius 3 is 2.60 bits per heavy atom. The highest BCUT2D eigenvalue weighted by atomic mass is 32.1. The van der Waals surface area contributed by atoms with Gasteiger partial charge in [0.25, 0.3) is 0 Å². The van der Waals surface area contributed by atoms with E-state index in [9.17, 15) is 8.78 Å². The van der Waals surface area contributed by atoms with Crippen molar-refractivity contribution in [3.05, 3.63) is 51.7 Å². The Morgan fingerprint density at radius 1 is 1.25 bits per heavy atom. The first-order valence-corrected chi connectivity index (χ1v) is 7.42. The van der Waals surface area contributed by atoms with Crippen LogP contribution in [0.15, 0.2) is 29.6 Å². The third-order valence-corrected chi connectivity index (χ3v) is 3.75. The van der Waals surface area contributed by atoms with Crippen molar-refractivity contribution in [1.29, 1.82) is 0 Å². The zero-order valence-electron chi connectivity index (χ0n) is 11.3. The first-order chi connectivity index (χ1) is 9.70. The Hall–Kier alpha value is -1.46. The minimum Gasteiger partial charge on any atom is -0.487 e. The second-order valence-electron chi connectivity index (χ2n) is 4.35. The molecule has 0 amide bonds. The Morgan fingerprint density at radius 2 is 2.00 bits per heavy atom. The number of benzene rings is 1. The van der Waals surface area contributed by atoms with Crippen molar-refractivity contribution in [2.24, 2.45) is 0 Å². The van der Waals surface area contributed by atoms with Gasteiger partial charge in [0, 0.05) is 17.8 Å². The zero-order valence-corrected chi connectivity index (χ0v) is 12.1. The van der Waals surface area contributed by atoms with Gasteiger partial charge in [-0.3, -0.25) is 0 Å². The highest BCUT2D eigenvalue weighted by molar-refractivity contribution is 7.09. The quantitative estimate of drug-likeness (QED) is 0.840. The molecule has 20 heavy (non-hydrogen) atoms. The Bertz CT molecular complexity index is 520. The molecular weight excluding hydrogens is 280 g/mol. The topological polar surface area (TPSA) is 21.3 Å². The molecule has 1 aromatic carbocycles. The SMILES string of the molecule is CCNCc1cc(F)c(OCCc2cccs2)c(F)c1. The van der Waals surface area contributed by atoms with Crippen LogP contribution in [0.1, 0.15) is 17.4 Å². The molecule has 2 aromatic rings.